The fraction of sp³-hybridized carbons (Fsp3) is 0.0833. The van der Waals surface area contributed by atoms with Gasteiger partial charge in [0, 0.05) is 16.5 Å². The van der Waals surface area contributed by atoms with E-state index < -0.39 is 23.5 Å². The van der Waals surface area contributed by atoms with E-state index in [0.29, 0.717) is 27.0 Å². The van der Waals surface area contributed by atoms with Gasteiger partial charge in [0.15, 0.2) is 16.8 Å². The van der Waals surface area contributed by atoms with Crippen LogP contribution >= 0.6 is 35.4 Å². The topological polar surface area (TPSA) is 57.7 Å². The van der Waals surface area contributed by atoms with Crippen LogP contribution in [0.3, 0.4) is 0 Å². The van der Waals surface area contributed by atoms with Crippen LogP contribution in [0.5, 0.6) is 0 Å². The smallest absolute Gasteiger partial charge is 0.253 e. The maximum absolute atomic E-state index is 13.4. The summed E-state index contributed by atoms with van der Waals surface area (Å²) in [7, 11) is 0. The molecule has 0 radical (unpaired) electrons. The number of anilines is 2. The largest absolute Gasteiger partial charge is 0.298 e. The van der Waals surface area contributed by atoms with Gasteiger partial charge in [0.05, 0.1) is 11.4 Å². The summed E-state index contributed by atoms with van der Waals surface area (Å²) in [6.07, 6.45) is -0.0569. The van der Waals surface area contributed by atoms with Crippen LogP contribution in [0.4, 0.5) is 11.4 Å². The van der Waals surface area contributed by atoms with Crippen molar-refractivity contribution in [2.45, 2.75) is 6.42 Å². The Morgan fingerprint density at radius 2 is 1.19 bits per heavy atom. The van der Waals surface area contributed by atoms with Gasteiger partial charge >= 0.3 is 0 Å². The van der Waals surface area contributed by atoms with Crippen LogP contribution in [0.1, 0.15) is 5.56 Å². The highest BCUT2D eigenvalue weighted by Crippen LogP contribution is 2.31. The van der Waals surface area contributed by atoms with Crippen molar-refractivity contribution >= 4 is 69.5 Å². The molecule has 0 N–H and O–H groups in total. The Kier molecular flexibility index (Phi) is 6.37. The SMILES string of the molecule is O=C(Cc1ccccc1)C1C(=O)N(c2ccc(Cl)cc2)C(=S)N(c2ccc(Cl)cc2)C1=O. The molecule has 0 saturated carbocycles. The molecule has 0 aromatic heterocycles. The average Bonchev–Trinajstić information content (AvgIpc) is 2.77. The minimum Gasteiger partial charge on any atom is -0.298 e. The number of amides is 2. The molecule has 1 fully saturated rings. The van der Waals surface area contributed by atoms with E-state index in [1.807, 2.05) is 6.07 Å². The zero-order valence-electron chi connectivity index (χ0n) is 16.6. The van der Waals surface area contributed by atoms with Gasteiger partial charge in [0.2, 0.25) is 0 Å². The van der Waals surface area contributed by atoms with Crippen molar-refractivity contribution in [3.63, 3.8) is 0 Å². The highest BCUT2D eigenvalue weighted by molar-refractivity contribution is 7.81. The number of ketones is 1. The molecule has 160 valence electrons. The van der Waals surface area contributed by atoms with Crippen LogP contribution < -0.4 is 9.80 Å². The van der Waals surface area contributed by atoms with E-state index in [4.69, 9.17) is 35.4 Å². The molecule has 0 spiro atoms. The van der Waals surface area contributed by atoms with E-state index in [2.05, 4.69) is 0 Å². The van der Waals surface area contributed by atoms with Crippen LogP contribution in [-0.4, -0.2) is 22.7 Å². The molecule has 1 saturated heterocycles. The molecule has 0 bridgehead atoms. The van der Waals surface area contributed by atoms with Gasteiger partial charge < -0.3 is 0 Å². The molecule has 0 atom stereocenters. The minimum atomic E-state index is -1.53. The van der Waals surface area contributed by atoms with Crippen molar-refractivity contribution in [3.05, 3.63) is 94.5 Å². The minimum absolute atomic E-state index is 0.0478. The number of carbonyl (C=O) groups excluding carboxylic acids is 3. The summed E-state index contributed by atoms with van der Waals surface area (Å²) in [4.78, 5) is 42.4. The van der Waals surface area contributed by atoms with Gasteiger partial charge in [-0.15, -0.1) is 0 Å². The zero-order chi connectivity index (χ0) is 22.8. The maximum Gasteiger partial charge on any atom is 0.253 e. The van der Waals surface area contributed by atoms with Gasteiger partial charge in [-0.3, -0.25) is 24.2 Å². The molecular formula is C24H16Cl2N2O3S. The second kappa shape index (κ2) is 9.20. The van der Waals surface area contributed by atoms with E-state index in [1.165, 1.54) is 9.80 Å². The molecule has 3 aromatic carbocycles. The summed E-state index contributed by atoms with van der Waals surface area (Å²) in [5, 5.41) is 0.909. The van der Waals surface area contributed by atoms with Crippen molar-refractivity contribution in [3.8, 4) is 0 Å². The molecule has 0 unspecified atom stereocenters. The summed E-state index contributed by atoms with van der Waals surface area (Å²) in [6, 6.07) is 21.8. The molecule has 8 heteroatoms. The second-order valence-electron chi connectivity index (χ2n) is 7.14. The Morgan fingerprint density at radius 3 is 1.62 bits per heavy atom. The predicted molar refractivity (Wildman–Crippen MR) is 129 cm³/mol. The van der Waals surface area contributed by atoms with Crippen molar-refractivity contribution in [1.82, 2.24) is 0 Å². The Morgan fingerprint density at radius 1 is 0.750 bits per heavy atom. The van der Waals surface area contributed by atoms with E-state index >= 15 is 0 Å². The second-order valence-corrected chi connectivity index (χ2v) is 8.38. The molecular weight excluding hydrogens is 467 g/mol. The van der Waals surface area contributed by atoms with Crippen LogP contribution in [0, 0.1) is 5.92 Å². The van der Waals surface area contributed by atoms with E-state index in [9.17, 15) is 14.4 Å². The Hall–Kier alpha value is -3.06. The summed E-state index contributed by atoms with van der Waals surface area (Å²) in [5.74, 6) is -3.41. The Balaban J connectivity index is 1.77. The molecule has 4 rings (SSSR count). The molecule has 1 aliphatic rings. The normalized spacial score (nSPS) is 14.8. The van der Waals surface area contributed by atoms with Gasteiger partial charge in [-0.05, 0) is 66.3 Å². The summed E-state index contributed by atoms with van der Waals surface area (Å²) in [5.41, 5.74) is 1.53. The quantitative estimate of drug-likeness (QED) is 0.375. The summed E-state index contributed by atoms with van der Waals surface area (Å²) in [6.45, 7) is 0. The number of Topliss-reactive ketones (excluding diaryl/α,β-unsaturated/α-hetero) is 1. The van der Waals surface area contributed by atoms with Gasteiger partial charge in [-0.2, -0.15) is 0 Å². The van der Waals surface area contributed by atoms with E-state index in [-0.39, 0.29) is 11.5 Å². The third kappa shape index (κ3) is 4.30. The fourth-order valence-electron chi connectivity index (χ4n) is 3.48. The van der Waals surface area contributed by atoms with Crippen LogP contribution in [0.15, 0.2) is 78.9 Å². The first-order valence-electron chi connectivity index (χ1n) is 9.66. The third-order valence-electron chi connectivity index (χ3n) is 5.03. The third-order valence-corrected chi connectivity index (χ3v) is 5.90. The van der Waals surface area contributed by atoms with Crippen molar-refractivity contribution < 1.29 is 14.4 Å². The first-order chi connectivity index (χ1) is 15.4. The predicted octanol–water partition coefficient (Wildman–Crippen LogP) is 5.09. The van der Waals surface area contributed by atoms with Gasteiger partial charge in [-0.1, -0.05) is 53.5 Å². The highest BCUT2D eigenvalue weighted by atomic mass is 35.5. The van der Waals surface area contributed by atoms with Crippen LogP contribution in [0.25, 0.3) is 0 Å². The first-order valence-corrected chi connectivity index (χ1v) is 10.8. The lowest BCUT2D eigenvalue weighted by atomic mass is 9.93. The van der Waals surface area contributed by atoms with Crippen molar-refractivity contribution in [2.24, 2.45) is 5.92 Å². The number of carbonyl (C=O) groups is 3. The summed E-state index contributed by atoms with van der Waals surface area (Å²) >= 11 is 17.5. The molecule has 1 heterocycles. The first kappa shape index (κ1) is 22.1. The molecule has 0 aliphatic carbocycles. The lowest BCUT2D eigenvalue weighted by Gasteiger charge is -2.38. The number of hydrogen-bond acceptors (Lipinski definition) is 4. The van der Waals surface area contributed by atoms with Gasteiger partial charge in [0.1, 0.15) is 0 Å². The lowest BCUT2D eigenvalue weighted by molar-refractivity contribution is -0.139. The Labute approximate surface area is 200 Å². The number of halogens is 2. The summed E-state index contributed by atoms with van der Waals surface area (Å²) < 4.78 is 0. The van der Waals surface area contributed by atoms with Crippen LogP contribution in [0.2, 0.25) is 10.0 Å². The highest BCUT2D eigenvalue weighted by Gasteiger charge is 2.48. The van der Waals surface area contributed by atoms with Crippen LogP contribution in [-0.2, 0) is 20.8 Å². The van der Waals surface area contributed by atoms with Crippen molar-refractivity contribution in [2.75, 3.05) is 9.80 Å². The number of hydrogen-bond donors (Lipinski definition) is 0. The number of nitrogens with zero attached hydrogens (tertiary/aromatic N) is 2. The number of benzene rings is 3. The lowest BCUT2D eigenvalue weighted by Crippen LogP contribution is -2.62. The monoisotopic (exact) mass is 482 g/mol. The number of thiocarbonyl (C=S) groups is 1. The maximum atomic E-state index is 13.4. The Bertz CT molecular complexity index is 1130. The van der Waals surface area contributed by atoms with E-state index in [1.54, 1.807) is 72.8 Å². The van der Waals surface area contributed by atoms with Crippen molar-refractivity contribution in [1.29, 1.82) is 0 Å². The van der Waals surface area contributed by atoms with Gasteiger partial charge in [-0.25, -0.2) is 0 Å². The fourth-order valence-corrected chi connectivity index (χ4v) is 4.13. The average molecular weight is 483 g/mol. The molecule has 2 amide bonds. The number of rotatable bonds is 5. The molecule has 1 aliphatic heterocycles. The molecule has 5 nitrogen and oxygen atoms in total. The standard InChI is InChI=1S/C24H16Cl2N2O3S/c25-16-6-10-18(11-7-16)27-22(30)21(20(29)14-15-4-2-1-3-5-15)23(31)28(24(27)32)19-12-8-17(26)9-13-19/h1-13,21H,14H2. The zero-order valence-corrected chi connectivity index (χ0v) is 18.9. The van der Waals surface area contributed by atoms with Gasteiger partial charge in [0.25, 0.3) is 11.8 Å². The van der Waals surface area contributed by atoms with E-state index in [0.717, 1.165) is 0 Å². The molecule has 3 aromatic rings. The molecule has 32 heavy (non-hydrogen) atoms.